The zero-order valence-corrected chi connectivity index (χ0v) is 17.3. The fraction of sp³-hybridized carbons (Fsp3) is 0.625. The van der Waals surface area contributed by atoms with Crippen molar-refractivity contribution >= 4 is 16.9 Å². The summed E-state index contributed by atoms with van der Waals surface area (Å²) in [7, 11) is 0. The number of carbonyl (C=O) groups is 1. The van der Waals surface area contributed by atoms with Crippen molar-refractivity contribution in [1.29, 1.82) is 0 Å². The molecule has 5 rings (SSSR count). The highest BCUT2D eigenvalue weighted by Gasteiger charge is 2.42. The van der Waals surface area contributed by atoms with E-state index in [0.29, 0.717) is 17.8 Å². The minimum absolute atomic E-state index is 0.0238. The second-order valence-corrected chi connectivity index (χ2v) is 9.18. The smallest absolute Gasteiger partial charge is 0.289 e. The number of hydrogen-bond acceptors (Lipinski definition) is 4. The van der Waals surface area contributed by atoms with Crippen LogP contribution < -0.4 is 4.74 Å². The average molecular weight is 398 g/mol. The molecular formula is C24H31NO4. The summed E-state index contributed by atoms with van der Waals surface area (Å²) in [6, 6.07) is 3.81. The summed E-state index contributed by atoms with van der Waals surface area (Å²) in [5, 5.41) is 12.0. The second kappa shape index (κ2) is 7.35. The van der Waals surface area contributed by atoms with Gasteiger partial charge in [-0.1, -0.05) is 19.3 Å². The van der Waals surface area contributed by atoms with Crippen molar-refractivity contribution in [2.45, 2.75) is 82.8 Å². The molecular weight excluding hydrogens is 366 g/mol. The highest BCUT2D eigenvalue weighted by atomic mass is 16.5. The standard InChI is InChI=1S/C24H31NO4/c1-16-20-18(28-22(16)23(27)25-13-7-2-3-8-14-25)9-10-19-21(20)17(26)15-24(29-19)11-5-4-6-12-24/h9-10,17,26H,2-8,11-15H2,1H3/t17-/m0/s1. The Morgan fingerprint density at radius 2 is 1.76 bits per heavy atom. The van der Waals surface area contributed by atoms with Crippen LogP contribution >= 0.6 is 0 Å². The van der Waals surface area contributed by atoms with Gasteiger partial charge in [0.25, 0.3) is 5.91 Å². The van der Waals surface area contributed by atoms with Crippen molar-refractivity contribution < 1.29 is 19.1 Å². The summed E-state index contributed by atoms with van der Waals surface area (Å²) >= 11 is 0. The third-order valence-corrected chi connectivity index (χ3v) is 7.17. The van der Waals surface area contributed by atoms with Crippen molar-refractivity contribution in [3.63, 3.8) is 0 Å². The SMILES string of the molecule is Cc1c(C(=O)N2CCCCCC2)oc2ccc3c(c12)[C@@H](O)CC1(CCCCC1)O3. The molecule has 1 aliphatic carbocycles. The molecule has 0 unspecified atom stereocenters. The maximum absolute atomic E-state index is 13.2. The number of hydrogen-bond donors (Lipinski definition) is 1. The molecule has 5 heteroatoms. The number of aliphatic hydroxyl groups is 1. The lowest BCUT2D eigenvalue weighted by Gasteiger charge is -2.43. The van der Waals surface area contributed by atoms with Crippen molar-refractivity contribution in [2.75, 3.05) is 13.1 Å². The Labute approximate surface area is 172 Å². The number of ether oxygens (including phenoxy) is 1. The Kier molecular flexibility index (Phi) is 4.81. The minimum atomic E-state index is -0.585. The molecule has 1 saturated heterocycles. The van der Waals surface area contributed by atoms with Gasteiger partial charge >= 0.3 is 0 Å². The highest BCUT2D eigenvalue weighted by Crippen LogP contribution is 2.49. The number of aryl methyl sites for hydroxylation is 1. The number of likely N-dealkylation sites (tertiary alicyclic amines) is 1. The first kappa shape index (κ1) is 19.0. The summed E-state index contributed by atoms with van der Waals surface area (Å²) in [6.45, 7) is 3.53. The molecule has 1 amide bonds. The van der Waals surface area contributed by atoms with Crippen LogP contribution in [-0.4, -0.2) is 34.6 Å². The molecule has 1 aromatic carbocycles. The number of nitrogens with zero attached hydrogens (tertiary/aromatic N) is 1. The van der Waals surface area contributed by atoms with Gasteiger partial charge in [0.1, 0.15) is 16.9 Å². The van der Waals surface area contributed by atoms with E-state index in [4.69, 9.17) is 9.15 Å². The number of benzene rings is 1. The lowest BCUT2D eigenvalue weighted by molar-refractivity contribution is -0.0373. The maximum atomic E-state index is 13.2. The fourth-order valence-electron chi connectivity index (χ4n) is 5.63. The summed E-state index contributed by atoms with van der Waals surface area (Å²) in [5.74, 6) is 1.15. The predicted molar refractivity (Wildman–Crippen MR) is 111 cm³/mol. The number of furan rings is 1. The van der Waals surface area contributed by atoms with Gasteiger partial charge in [-0.15, -0.1) is 0 Å². The van der Waals surface area contributed by atoms with E-state index >= 15 is 0 Å². The van der Waals surface area contributed by atoms with Gasteiger partial charge in [-0.05, 0) is 57.6 Å². The predicted octanol–water partition coefficient (Wildman–Crippen LogP) is 5.28. The Balaban J connectivity index is 1.53. The van der Waals surface area contributed by atoms with Gasteiger partial charge in [0.05, 0.1) is 6.10 Å². The Morgan fingerprint density at radius 3 is 2.48 bits per heavy atom. The number of fused-ring (bicyclic) bond motifs is 3. The molecule has 1 N–H and O–H groups in total. The molecule has 3 heterocycles. The van der Waals surface area contributed by atoms with E-state index in [0.717, 1.165) is 73.9 Å². The molecule has 29 heavy (non-hydrogen) atoms. The Morgan fingerprint density at radius 1 is 1.07 bits per heavy atom. The number of carbonyl (C=O) groups excluding carboxylic acids is 1. The summed E-state index contributed by atoms with van der Waals surface area (Å²) in [4.78, 5) is 15.1. The molecule has 1 aromatic heterocycles. The fourth-order valence-corrected chi connectivity index (χ4v) is 5.63. The van der Waals surface area contributed by atoms with E-state index in [2.05, 4.69) is 0 Å². The molecule has 3 aliphatic rings. The zero-order chi connectivity index (χ0) is 20.0. The van der Waals surface area contributed by atoms with Crippen molar-refractivity contribution in [3.8, 4) is 5.75 Å². The van der Waals surface area contributed by atoms with Crippen LogP contribution in [0.4, 0.5) is 0 Å². The first-order valence-corrected chi connectivity index (χ1v) is 11.3. The van der Waals surface area contributed by atoms with Gasteiger partial charge < -0.3 is 19.2 Å². The van der Waals surface area contributed by atoms with Crippen molar-refractivity contribution in [2.24, 2.45) is 0 Å². The molecule has 0 bridgehead atoms. The average Bonchev–Trinajstić information content (AvgIpc) is 2.89. The molecule has 1 saturated carbocycles. The summed E-state index contributed by atoms with van der Waals surface area (Å²) in [5.41, 5.74) is 2.06. The summed E-state index contributed by atoms with van der Waals surface area (Å²) in [6.07, 6.45) is 10.1. The van der Waals surface area contributed by atoms with E-state index in [1.54, 1.807) is 0 Å². The monoisotopic (exact) mass is 397 g/mol. The van der Waals surface area contributed by atoms with Gasteiger partial charge in [0.2, 0.25) is 0 Å². The van der Waals surface area contributed by atoms with Gasteiger partial charge in [-0.25, -0.2) is 0 Å². The van der Waals surface area contributed by atoms with Crippen LogP contribution in [0, 0.1) is 6.92 Å². The van der Waals surface area contributed by atoms with Crippen LogP contribution in [0.2, 0.25) is 0 Å². The largest absolute Gasteiger partial charge is 0.487 e. The molecule has 5 nitrogen and oxygen atoms in total. The van der Waals surface area contributed by atoms with Crippen molar-refractivity contribution in [3.05, 3.63) is 29.0 Å². The van der Waals surface area contributed by atoms with Gasteiger partial charge in [0.15, 0.2) is 5.76 Å². The number of amides is 1. The normalized spacial score (nSPS) is 24.2. The number of rotatable bonds is 1. The van der Waals surface area contributed by atoms with Crippen LogP contribution in [0.1, 0.15) is 92.0 Å². The van der Waals surface area contributed by atoms with Gasteiger partial charge in [-0.3, -0.25) is 4.79 Å². The number of aliphatic hydroxyl groups excluding tert-OH is 1. The third kappa shape index (κ3) is 3.24. The Hall–Kier alpha value is -2.01. The quantitative estimate of drug-likeness (QED) is 0.711. The molecule has 2 aromatic rings. The molecule has 156 valence electrons. The first-order chi connectivity index (χ1) is 14.1. The van der Waals surface area contributed by atoms with Crippen molar-refractivity contribution in [1.82, 2.24) is 4.90 Å². The Bertz CT molecular complexity index is 917. The van der Waals surface area contributed by atoms with E-state index in [1.165, 1.54) is 19.3 Å². The van der Waals surface area contributed by atoms with E-state index < -0.39 is 6.10 Å². The van der Waals surface area contributed by atoms with Crippen LogP contribution in [-0.2, 0) is 0 Å². The lowest BCUT2D eigenvalue weighted by Crippen LogP contribution is -2.42. The van der Waals surface area contributed by atoms with E-state index in [9.17, 15) is 9.90 Å². The van der Waals surface area contributed by atoms with E-state index in [1.807, 2.05) is 24.0 Å². The first-order valence-electron chi connectivity index (χ1n) is 11.3. The highest BCUT2D eigenvalue weighted by molar-refractivity contribution is 6.00. The maximum Gasteiger partial charge on any atom is 0.289 e. The molecule has 2 fully saturated rings. The van der Waals surface area contributed by atoms with Gasteiger partial charge in [-0.2, -0.15) is 0 Å². The van der Waals surface area contributed by atoms with Gasteiger partial charge in [0, 0.05) is 36.0 Å². The molecule has 1 spiro atoms. The third-order valence-electron chi connectivity index (χ3n) is 7.17. The van der Waals surface area contributed by atoms with Crippen LogP contribution in [0.25, 0.3) is 11.0 Å². The zero-order valence-electron chi connectivity index (χ0n) is 17.3. The second-order valence-electron chi connectivity index (χ2n) is 9.18. The topological polar surface area (TPSA) is 62.9 Å². The molecule has 2 aliphatic heterocycles. The molecule has 0 radical (unpaired) electrons. The summed E-state index contributed by atoms with van der Waals surface area (Å²) < 4.78 is 12.5. The van der Waals surface area contributed by atoms with Crippen LogP contribution in [0.5, 0.6) is 5.75 Å². The molecule has 1 atom stereocenters. The lowest BCUT2D eigenvalue weighted by atomic mass is 9.77. The van der Waals surface area contributed by atoms with E-state index in [-0.39, 0.29) is 11.5 Å². The minimum Gasteiger partial charge on any atom is -0.487 e. The van der Waals surface area contributed by atoms with Crippen LogP contribution in [0.15, 0.2) is 16.5 Å². The van der Waals surface area contributed by atoms with Crippen LogP contribution in [0.3, 0.4) is 0 Å².